The molecular weight excluding hydrogens is 416 g/mol. The van der Waals surface area contributed by atoms with Crippen molar-refractivity contribution in [3.05, 3.63) is 71.4 Å². The second-order valence-corrected chi connectivity index (χ2v) is 7.73. The van der Waals surface area contributed by atoms with E-state index < -0.39 is 0 Å². The lowest BCUT2D eigenvalue weighted by atomic mass is 10.0. The molecule has 0 saturated carbocycles. The first-order valence-electron chi connectivity index (χ1n) is 11.0. The molecule has 4 aromatic rings. The molecule has 0 aliphatic heterocycles. The monoisotopic (exact) mass is 444 g/mol. The maximum absolute atomic E-state index is 12.7. The van der Waals surface area contributed by atoms with E-state index in [0.29, 0.717) is 30.3 Å². The zero-order chi connectivity index (χ0) is 23.4. The SMILES string of the molecule is CCOc1nc2c(c(C)nn2-c2ccccc2)c(C)c1CCC(=O)Nc1ccccc1OC. The van der Waals surface area contributed by atoms with Crippen molar-refractivity contribution in [2.45, 2.75) is 33.6 Å². The summed E-state index contributed by atoms with van der Waals surface area (Å²) in [6.07, 6.45) is 0.791. The zero-order valence-electron chi connectivity index (χ0n) is 19.4. The first kappa shape index (κ1) is 22.3. The Morgan fingerprint density at radius 1 is 1.06 bits per heavy atom. The number of nitrogens with one attached hydrogen (secondary N) is 1. The minimum absolute atomic E-state index is 0.0989. The van der Waals surface area contributed by atoms with Crippen molar-refractivity contribution in [2.75, 3.05) is 19.0 Å². The number of benzene rings is 2. The number of para-hydroxylation sites is 3. The predicted octanol–water partition coefficient (Wildman–Crippen LogP) is 5.02. The van der Waals surface area contributed by atoms with Crippen LogP contribution in [-0.2, 0) is 11.2 Å². The van der Waals surface area contributed by atoms with E-state index in [-0.39, 0.29) is 12.3 Å². The van der Waals surface area contributed by atoms with Crippen molar-refractivity contribution in [1.29, 1.82) is 0 Å². The van der Waals surface area contributed by atoms with Gasteiger partial charge in [0.25, 0.3) is 0 Å². The molecule has 0 saturated heterocycles. The third-order valence-corrected chi connectivity index (χ3v) is 5.59. The highest BCUT2D eigenvalue weighted by Gasteiger charge is 2.20. The van der Waals surface area contributed by atoms with Gasteiger partial charge in [0.2, 0.25) is 11.8 Å². The minimum Gasteiger partial charge on any atom is -0.495 e. The number of amides is 1. The molecule has 2 heterocycles. The Hall–Kier alpha value is -3.87. The first-order chi connectivity index (χ1) is 16.0. The molecule has 1 amide bonds. The lowest BCUT2D eigenvalue weighted by Crippen LogP contribution is -2.14. The Bertz CT molecular complexity index is 1280. The fraction of sp³-hybridized carbons (Fsp3) is 0.269. The third kappa shape index (κ3) is 4.53. The number of hydrogen-bond acceptors (Lipinski definition) is 5. The van der Waals surface area contributed by atoms with Gasteiger partial charge in [-0.1, -0.05) is 30.3 Å². The summed E-state index contributed by atoms with van der Waals surface area (Å²) in [6, 6.07) is 17.3. The summed E-state index contributed by atoms with van der Waals surface area (Å²) in [7, 11) is 1.58. The quantitative estimate of drug-likeness (QED) is 0.413. The standard InChI is InChI=1S/C26H28N4O3/c1-5-33-26-20(15-16-23(31)27-21-13-9-10-14-22(21)32-4)17(2)24-18(3)29-30(25(24)28-26)19-11-7-6-8-12-19/h6-14H,5,15-16H2,1-4H3,(H,27,31). The van der Waals surface area contributed by atoms with Gasteiger partial charge in [0.05, 0.1) is 30.8 Å². The number of aromatic nitrogens is 3. The summed E-state index contributed by atoms with van der Waals surface area (Å²) >= 11 is 0. The number of pyridine rings is 1. The van der Waals surface area contributed by atoms with Gasteiger partial charge in [-0.25, -0.2) is 4.68 Å². The summed E-state index contributed by atoms with van der Waals surface area (Å²) in [5.74, 6) is 1.08. The molecule has 1 N–H and O–H groups in total. The molecule has 0 aliphatic rings. The molecule has 4 rings (SSSR count). The van der Waals surface area contributed by atoms with Crippen LogP contribution in [-0.4, -0.2) is 34.4 Å². The maximum atomic E-state index is 12.7. The van der Waals surface area contributed by atoms with E-state index in [2.05, 4.69) is 5.32 Å². The van der Waals surface area contributed by atoms with Gasteiger partial charge in [-0.3, -0.25) is 4.79 Å². The topological polar surface area (TPSA) is 78.3 Å². The summed E-state index contributed by atoms with van der Waals surface area (Å²) in [4.78, 5) is 17.5. The van der Waals surface area contributed by atoms with Gasteiger partial charge in [0.15, 0.2) is 5.65 Å². The molecule has 0 atom stereocenters. The molecule has 7 heteroatoms. The lowest BCUT2D eigenvalue weighted by Gasteiger charge is -2.14. The van der Waals surface area contributed by atoms with Crippen molar-refractivity contribution in [3.63, 3.8) is 0 Å². The van der Waals surface area contributed by atoms with Crippen molar-refractivity contribution >= 4 is 22.6 Å². The molecule has 0 spiro atoms. The number of nitrogens with zero attached hydrogens (tertiary/aromatic N) is 3. The summed E-state index contributed by atoms with van der Waals surface area (Å²) in [6.45, 7) is 6.44. The summed E-state index contributed by atoms with van der Waals surface area (Å²) in [5, 5.41) is 8.66. The molecule has 0 bridgehead atoms. The van der Waals surface area contributed by atoms with E-state index in [1.165, 1.54) is 0 Å². The molecule has 7 nitrogen and oxygen atoms in total. The second-order valence-electron chi connectivity index (χ2n) is 7.73. The lowest BCUT2D eigenvalue weighted by molar-refractivity contribution is -0.116. The van der Waals surface area contributed by atoms with Gasteiger partial charge in [0, 0.05) is 17.4 Å². The summed E-state index contributed by atoms with van der Waals surface area (Å²) in [5.41, 5.74) is 5.20. The van der Waals surface area contributed by atoms with E-state index in [1.807, 2.05) is 80.1 Å². The molecule has 2 aromatic heterocycles. The van der Waals surface area contributed by atoms with Crippen LogP contribution in [0, 0.1) is 13.8 Å². The van der Waals surface area contributed by atoms with Gasteiger partial charge in [0.1, 0.15) is 5.75 Å². The normalized spacial score (nSPS) is 10.9. The number of anilines is 1. The molecule has 0 unspecified atom stereocenters. The van der Waals surface area contributed by atoms with Crippen molar-refractivity contribution in [2.24, 2.45) is 0 Å². The van der Waals surface area contributed by atoms with Crippen LogP contribution in [0.1, 0.15) is 30.2 Å². The minimum atomic E-state index is -0.0989. The van der Waals surface area contributed by atoms with E-state index in [0.717, 1.165) is 33.5 Å². The first-order valence-corrected chi connectivity index (χ1v) is 11.0. The van der Waals surface area contributed by atoms with Crippen LogP contribution in [0.4, 0.5) is 5.69 Å². The molecule has 170 valence electrons. The smallest absolute Gasteiger partial charge is 0.224 e. The van der Waals surface area contributed by atoms with Gasteiger partial charge in [-0.05, 0) is 57.0 Å². The molecule has 0 radical (unpaired) electrons. The molecule has 0 aliphatic carbocycles. The fourth-order valence-corrected chi connectivity index (χ4v) is 4.03. The Morgan fingerprint density at radius 2 is 1.79 bits per heavy atom. The Morgan fingerprint density at radius 3 is 2.52 bits per heavy atom. The van der Waals surface area contributed by atoms with Crippen LogP contribution in [0.5, 0.6) is 11.6 Å². The number of carbonyl (C=O) groups excluding carboxylic acids is 1. The number of rotatable bonds is 8. The molecule has 2 aromatic carbocycles. The van der Waals surface area contributed by atoms with Crippen LogP contribution >= 0.6 is 0 Å². The molecule has 0 fully saturated rings. The number of methoxy groups -OCH3 is 1. The van der Waals surface area contributed by atoms with Crippen molar-refractivity contribution < 1.29 is 14.3 Å². The van der Waals surface area contributed by atoms with Crippen LogP contribution in [0.25, 0.3) is 16.7 Å². The largest absolute Gasteiger partial charge is 0.495 e. The van der Waals surface area contributed by atoms with Gasteiger partial charge < -0.3 is 14.8 Å². The third-order valence-electron chi connectivity index (χ3n) is 5.59. The number of carbonyl (C=O) groups is 1. The average Bonchev–Trinajstić information content (AvgIpc) is 3.16. The maximum Gasteiger partial charge on any atom is 0.224 e. The Labute approximate surface area is 193 Å². The Balaban J connectivity index is 1.66. The van der Waals surface area contributed by atoms with Crippen LogP contribution in [0.2, 0.25) is 0 Å². The number of fused-ring (bicyclic) bond motifs is 1. The highest BCUT2D eigenvalue weighted by atomic mass is 16.5. The van der Waals surface area contributed by atoms with E-state index >= 15 is 0 Å². The zero-order valence-corrected chi connectivity index (χ0v) is 19.4. The molecule has 33 heavy (non-hydrogen) atoms. The van der Waals surface area contributed by atoms with Gasteiger partial charge in [-0.15, -0.1) is 0 Å². The van der Waals surface area contributed by atoms with Crippen molar-refractivity contribution in [3.8, 4) is 17.3 Å². The second kappa shape index (κ2) is 9.73. The van der Waals surface area contributed by atoms with E-state index in [4.69, 9.17) is 19.6 Å². The number of ether oxygens (including phenoxy) is 2. The molecular formula is C26H28N4O3. The number of hydrogen-bond donors (Lipinski definition) is 1. The van der Waals surface area contributed by atoms with E-state index in [1.54, 1.807) is 7.11 Å². The van der Waals surface area contributed by atoms with Gasteiger partial charge in [-0.2, -0.15) is 10.1 Å². The van der Waals surface area contributed by atoms with Crippen LogP contribution in [0.15, 0.2) is 54.6 Å². The highest BCUT2D eigenvalue weighted by Crippen LogP contribution is 2.32. The van der Waals surface area contributed by atoms with Crippen LogP contribution in [0.3, 0.4) is 0 Å². The Kier molecular flexibility index (Phi) is 6.58. The average molecular weight is 445 g/mol. The number of aryl methyl sites for hydroxylation is 2. The summed E-state index contributed by atoms with van der Waals surface area (Å²) < 4.78 is 13.1. The fourth-order valence-electron chi connectivity index (χ4n) is 4.03. The van der Waals surface area contributed by atoms with Crippen molar-refractivity contribution in [1.82, 2.24) is 14.8 Å². The van der Waals surface area contributed by atoms with Gasteiger partial charge >= 0.3 is 0 Å². The highest BCUT2D eigenvalue weighted by molar-refractivity contribution is 5.92. The van der Waals surface area contributed by atoms with E-state index in [9.17, 15) is 4.79 Å². The van der Waals surface area contributed by atoms with Crippen LogP contribution < -0.4 is 14.8 Å². The predicted molar refractivity (Wildman–Crippen MR) is 129 cm³/mol.